The van der Waals surface area contributed by atoms with Gasteiger partial charge in [0.15, 0.2) is 5.82 Å². The van der Waals surface area contributed by atoms with Gasteiger partial charge in [-0.3, -0.25) is 5.43 Å². The van der Waals surface area contributed by atoms with Crippen LogP contribution in [0.25, 0.3) is 0 Å². The highest BCUT2D eigenvalue weighted by molar-refractivity contribution is 6.33. The number of hydrogen-bond donors (Lipinski definition) is 3. The van der Waals surface area contributed by atoms with Crippen LogP contribution in [0.3, 0.4) is 0 Å². The monoisotopic (exact) mass is 329 g/mol. The molecule has 0 aliphatic heterocycles. The van der Waals surface area contributed by atoms with E-state index in [-0.39, 0.29) is 5.95 Å². The number of benzene rings is 1. The predicted octanol–water partition coefficient (Wildman–Crippen LogP) is 2.83. The van der Waals surface area contributed by atoms with Crippen LogP contribution in [0, 0.1) is 0 Å². The van der Waals surface area contributed by atoms with Crippen molar-refractivity contribution in [3.8, 4) is 11.5 Å². The Labute approximate surface area is 131 Å². The SMILES string of the molecule is COc1cc(Nc2nc(NN)ncc2Cl)c(OC)cc1Cl. The van der Waals surface area contributed by atoms with E-state index in [2.05, 4.69) is 20.7 Å². The highest BCUT2D eigenvalue weighted by Crippen LogP contribution is 2.38. The summed E-state index contributed by atoms with van der Waals surface area (Å²) in [4.78, 5) is 8.01. The summed E-state index contributed by atoms with van der Waals surface area (Å²) >= 11 is 12.1. The third-order valence-electron chi connectivity index (χ3n) is 2.60. The van der Waals surface area contributed by atoms with E-state index in [9.17, 15) is 0 Å². The van der Waals surface area contributed by atoms with Crippen LogP contribution in [0.4, 0.5) is 17.5 Å². The first kappa shape index (κ1) is 15.4. The second-order valence-electron chi connectivity index (χ2n) is 3.85. The second-order valence-corrected chi connectivity index (χ2v) is 4.66. The number of hydrogen-bond acceptors (Lipinski definition) is 7. The number of anilines is 3. The number of nitrogen functional groups attached to an aromatic ring is 1. The number of nitrogens with zero attached hydrogens (tertiary/aromatic N) is 2. The van der Waals surface area contributed by atoms with E-state index < -0.39 is 0 Å². The zero-order chi connectivity index (χ0) is 15.4. The fraction of sp³-hybridized carbons (Fsp3) is 0.167. The maximum absolute atomic E-state index is 6.05. The van der Waals surface area contributed by atoms with Crippen molar-refractivity contribution in [2.24, 2.45) is 5.84 Å². The van der Waals surface area contributed by atoms with Gasteiger partial charge in [0.2, 0.25) is 5.95 Å². The molecule has 2 rings (SSSR count). The van der Waals surface area contributed by atoms with Crippen LogP contribution in [0.1, 0.15) is 0 Å². The van der Waals surface area contributed by atoms with Crippen LogP contribution in [-0.4, -0.2) is 24.2 Å². The Morgan fingerprint density at radius 1 is 1.10 bits per heavy atom. The largest absolute Gasteiger partial charge is 0.495 e. The van der Waals surface area contributed by atoms with Crippen LogP contribution in [0.15, 0.2) is 18.3 Å². The Bertz CT molecular complexity index is 654. The van der Waals surface area contributed by atoms with E-state index in [4.69, 9.17) is 38.5 Å². The topological polar surface area (TPSA) is 94.3 Å². The molecule has 2 aromatic rings. The summed E-state index contributed by atoms with van der Waals surface area (Å²) in [7, 11) is 3.04. The van der Waals surface area contributed by atoms with Crippen molar-refractivity contribution in [1.82, 2.24) is 9.97 Å². The van der Waals surface area contributed by atoms with E-state index in [0.29, 0.717) is 33.0 Å². The van der Waals surface area contributed by atoms with Gasteiger partial charge >= 0.3 is 0 Å². The summed E-state index contributed by atoms with van der Waals surface area (Å²) in [5.74, 6) is 6.86. The summed E-state index contributed by atoms with van der Waals surface area (Å²) in [6.07, 6.45) is 1.42. The van der Waals surface area contributed by atoms with Gasteiger partial charge in [-0.25, -0.2) is 10.8 Å². The smallest absolute Gasteiger partial charge is 0.239 e. The van der Waals surface area contributed by atoms with E-state index >= 15 is 0 Å². The molecule has 21 heavy (non-hydrogen) atoms. The maximum atomic E-state index is 6.05. The molecular formula is C12H13Cl2N5O2. The van der Waals surface area contributed by atoms with Gasteiger partial charge in [-0.05, 0) is 0 Å². The van der Waals surface area contributed by atoms with Crippen LogP contribution in [0.5, 0.6) is 11.5 Å². The number of methoxy groups -OCH3 is 2. The average molecular weight is 330 g/mol. The van der Waals surface area contributed by atoms with Crippen molar-refractivity contribution in [2.75, 3.05) is 25.0 Å². The minimum atomic E-state index is 0.224. The minimum absolute atomic E-state index is 0.224. The molecule has 0 saturated heterocycles. The van der Waals surface area contributed by atoms with Crippen LogP contribution in [-0.2, 0) is 0 Å². The molecule has 0 fully saturated rings. The van der Waals surface area contributed by atoms with Gasteiger partial charge in [0, 0.05) is 12.1 Å². The summed E-state index contributed by atoms with van der Waals surface area (Å²) < 4.78 is 10.4. The van der Waals surface area contributed by atoms with E-state index in [1.165, 1.54) is 20.4 Å². The number of aromatic nitrogens is 2. The average Bonchev–Trinajstić information content (AvgIpc) is 2.50. The molecule has 0 amide bonds. The van der Waals surface area contributed by atoms with Crippen molar-refractivity contribution in [1.29, 1.82) is 0 Å². The number of halogens is 2. The number of nitrogens with two attached hydrogens (primary N) is 1. The zero-order valence-corrected chi connectivity index (χ0v) is 12.8. The molecular weight excluding hydrogens is 317 g/mol. The fourth-order valence-corrected chi connectivity index (χ4v) is 1.98. The molecule has 0 bridgehead atoms. The molecule has 1 aromatic carbocycles. The van der Waals surface area contributed by atoms with Crippen molar-refractivity contribution >= 4 is 40.7 Å². The maximum Gasteiger partial charge on any atom is 0.239 e. The first-order valence-corrected chi connectivity index (χ1v) is 6.52. The molecule has 1 heterocycles. The summed E-state index contributed by atoms with van der Waals surface area (Å²) in [5, 5.41) is 3.78. The zero-order valence-electron chi connectivity index (χ0n) is 11.3. The molecule has 0 radical (unpaired) electrons. The highest BCUT2D eigenvalue weighted by atomic mass is 35.5. The van der Waals surface area contributed by atoms with Crippen LogP contribution >= 0.6 is 23.2 Å². The quantitative estimate of drug-likeness (QED) is 0.573. The fourth-order valence-electron chi connectivity index (χ4n) is 1.61. The number of rotatable bonds is 5. The van der Waals surface area contributed by atoms with Gasteiger partial charge in [-0.15, -0.1) is 0 Å². The van der Waals surface area contributed by atoms with E-state index in [1.54, 1.807) is 12.1 Å². The first-order valence-electron chi connectivity index (χ1n) is 5.76. The molecule has 9 heteroatoms. The molecule has 0 aliphatic rings. The lowest BCUT2D eigenvalue weighted by Crippen LogP contribution is -2.11. The van der Waals surface area contributed by atoms with Crippen molar-refractivity contribution < 1.29 is 9.47 Å². The molecule has 0 atom stereocenters. The number of nitrogens with one attached hydrogen (secondary N) is 2. The van der Waals surface area contributed by atoms with Crippen LogP contribution < -0.4 is 26.1 Å². The van der Waals surface area contributed by atoms with Gasteiger partial charge in [0.25, 0.3) is 0 Å². The lowest BCUT2D eigenvalue weighted by molar-refractivity contribution is 0.405. The Hall–Kier alpha value is -1.96. The Morgan fingerprint density at radius 3 is 2.43 bits per heavy atom. The molecule has 0 unspecified atom stereocenters. The molecule has 4 N–H and O–H groups in total. The molecule has 0 saturated carbocycles. The summed E-state index contributed by atoms with van der Waals surface area (Å²) in [5.41, 5.74) is 2.93. The van der Waals surface area contributed by atoms with Crippen molar-refractivity contribution in [3.63, 3.8) is 0 Å². The third kappa shape index (κ3) is 3.38. The molecule has 0 aliphatic carbocycles. The minimum Gasteiger partial charge on any atom is -0.495 e. The molecule has 1 aromatic heterocycles. The summed E-state index contributed by atoms with van der Waals surface area (Å²) in [6.45, 7) is 0. The molecule has 112 valence electrons. The van der Waals surface area contributed by atoms with Crippen molar-refractivity contribution in [3.05, 3.63) is 28.4 Å². The molecule has 7 nitrogen and oxygen atoms in total. The standard InChI is InChI=1S/C12H13Cl2N5O2/c1-20-9-4-8(10(21-2)3-6(9)13)17-11-7(14)5-16-12(18-11)19-15/h3-5H,15H2,1-2H3,(H2,16,17,18,19). The third-order valence-corrected chi connectivity index (χ3v) is 3.17. The second kappa shape index (κ2) is 6.66. The van der Waals surface area contributed by atoms with E-state index in [0.717, 1.165) is 0 Å². The van der Waals surface area contributed by atoms with Gasteiger partial charge < -0.3 is 14.8 Å². The highest BCUT2D eigenvalue weighted by Gasteiger charge is 2.13. The van der Waals surface area contributed by atoms with Gasteiger partial charge in [-0.2, -0.15) is 4.98 Å². The Morgan fingerprint density at radius 2 is 1.81 bits per heavy atom. The normalized spacial score (nSPS) is 10.1. The van der Waals surface area contributed by atoms with Gasteiger partial charge in [0.05, 0.1) is 31.1 Å². The van der Waals surface area contributed by atoms with E-state index in [1.807, 2.05) is 0 Å². The Balaban J connectivity index is 2.43. The Kier molecular flexibility index (Phi) is 4.89. The summed E-state index contributed by atoms with van der Waals surface area (Å²) in [6, 6.07) is 3.30. The predicted molar refractivity (Wildman–Crippen MR) is 82.7 cm³/mol. The van der Waals surface area contributed by atoms with Crippen molar-refractivity contribution in [2.45, 2.75) is 0 Å². The lowest BCUT2D eigenvalue weighted by Gasteiger charge is -2.14. The van der Waals surface area contributed by atoms with Gasteiger partial charge in [0.1, 0.15) is 16.5 Å². The molecule has 0 spiro atoms. The number of hydrazine groups is 1. The number of ether oxygens (including phenoxy) is 2. The first-order chi connectivity index (χ1) is 10.1. The van der Waals surface area contributed by atoms with Crippen LogP contribution in [0.2, 0.25) is 10.0 Å². The lowest BCUT2D eigenvalue weighted by atomic mass is 10.2. The van der Waals surface area contributed by atoms with Gasteiger partial charge in [-0.1, -0.05) is 23.2 Å².